The van der Waals surface area contributed by atoms with Gasteiger partial charge in [-0.1, -0.05) is 67.0 Å². The first kappa shape index (κ1) is 16.8. The molecule has 3 aromatic rings. The highest BCUT2D eigenvalue weighted by atomic mass is 16.6. The molecule has 132 valence electrons. The molecule has 3 nitrogen and oxygen atoms in total. The van der Waals surface area contributed by atoms with Gasteiger partial charge in [0.1, 0.15) is 6.10 Å². The minimum atomic E-state index is -0.170. The number of aromatic nitrogens is 1. The van der Waals surface area contributed by atoms with E-state index >= 15 is 0 Å². The Morgan fingerprint density at radius 3 is 2.50 bits per heavy atom. The van der Waals surface area contributed by atoms with E-state index in [4.69, 9.17) is 9.82 Å². The molecule has 1 aromatic heterocycles. The van der Waals surface area contributed by atoms with Crippen LogP contribution in [-0.4, -0.2) is 16.8 Å². The molecule has 0 aliphatic carbocycles. The lowest BCUT2D eigenvalue weighted by molar-refractivity contribution is 0.0365. The van der Waals surface area contributed by atoms with Gasteiger partial charge in [-0.3, -0.25) is 4.98 Å². The lowest BCUT2D eigenvalue weighted by Crippen LogP contribution is -2.35. The number of pyridine rings is 1. The van der Waals surface area contributed by atoms with Crippen LogP contribution in [0.1, 0.15) is 36.2 Å². The van der Waals surface area contributed by atoms with Gasteiger partial charge in [-0.15, -0.1) is 0 Å². The Kier molecular flexibility index (Phi) is 4.03. The summed E-state index contributed by atoms with van der Waals surface area (Å²) in [5.74, 6) is 0. The molecular formula is C23H24N2O. The van der Waals surface area contributed by atoms with E-state index < -0.39 is 0 Å². The predicted molar refractivity (Wildman–Crippen MR) is 107 cm³/mol. The molecule has 3 heteroatoms. The summed E-state index contributed by atoms with van der Waals surface area (Å²) in [6, 6.07) is 18.9. The molecule has 0 spiro atoms. The van der Waals surface area contributed by atoms with Gasteiger partial charge in [0.15, 0.2) is 0 Å². The van der Waals surface area contributed by atoms with Gasteiger partial charge in [0.25, 0.3) is 0 Å². The third kappa shape index (κ3) is 2.88. The summed E-state index contributed by atoms with van der Waals surface area (Å²) in [7, 11) is 0. The van der Waals surface area contributed by atoms with Crippen LogP contribution in [0.4, 0.5) is 0 Å². The molecule has 0 bridgehead atoms. The Balaban J connectivity index is 1.61. The fourth-order valence-corrected chi connectivity index (χ4v) is 3.66. The van der Waals surface area contributed by atoms with Gasteiger partial charge >= 0.3 is 0 Å². The largest absolute Gasteiger partial charge is 0.391 e. The topological polar surface area (TPSA) is 34.5 Å². The second kappa shape index (κ2) is 6.24. The van der Waals surface area contributed by atoms with E-state index in [9.17, 15) is 0 Å². The average Bonchev–Trinajstić information content (AvgIpc) is 2.90. The third-order valence-corrected chi connectivity index (χ3v) is 5.38. The monoisotopic (exact) mass is 344 g/mol. The number of fused-ring (bicyclic) bond motifs is 1. The summed E-state index contributed by atoms with van der Waals surface area (Å²) in [5.41, 5.74) is 6.57. The van der Waals surface area contributed by atoms with Crippen molar-refractivity contribution < 1.29 is 4.84 Å². The van der Waals surface area contributed by atoms with Gasteiger partial charge in [-0.25, -0.2) is 0 Å². The molecule has 2 aromatic carbocycles. The molecule has 0 saturated heterocycles. The molecule has 0 N–H and O–H groups in total. The van der Waals surface area contributed by atoms with Crippen LogP contribution in [0.2, 0.25) is 0 Å². The van der Waals surface area contributed by atoms with E-state index in [1.165, 1.54) is 16.5 Å². The summed E-state index contributed by atoms with van der Waals surface area (Å²) in [6.45, 7) is 8.65. The van der Waals surface area contributed by atoms with Crippen molar-refractivity contribution in [1.29, 1.82) is 0 Å². The summed E-state index contributed by atoms with van der Waals surface area (Å²) in [5, 5.41) is 5.65. The zero-order valence-corrected chi connectivity index (χ0v) is 15.8. The molecule has 26 heavy (non-hydrogen) atoms. The Bertz CT molecular complexity index is 987. The Morgan fingerprint density at radius 1 is 1.00 bits per heavy atom. The van der Waals surface area contributed by atoms with Crippen LogP contribution < -0.4 is 0 Å². The fraction of sp³-hybridized carbons (Fsp3) is 0.304. The molecule has 0 radical (unpaired) electrons. The molecule has 2 heterocycles. The van der Waals surface area contributed by atoms with E-state index in [1.807, 2.05) is 6.07 Å². The number of para-hydroxylation sites is 1. The highest BCUT2D eigenvalue weighted by Gasteiger charge is 2.42. The average molecular weight is 344 g/mol. The number of benzene rings is 2. The molecule has 0 fully saturated rings. The van der Waals surface area contributed by atoms with Crippen LogP contribution in [0, 0.1) is 19.3 Å². The lowest BCUT2D eigenvalue weighted by Gasteiger charge is -2.26. The molecule has 1 unspecified atom stereocenters. The van der Waals surface area contributed by atoms with Crippen molar-refractivity contribution in [2.45, 2.75) is 40.2 Å². The van der Waals surface area contributed by atoms with Crippen molar-refractivity contribution >= 4 is 16.6 Å². The van der Waals surface area contributed by atoms with Crippen molar-refractivity contribution in [3.05, 3.63) is 77.0 Å². The normalized spacial score (nSPS) is 18.6. The zero-order valence-electron chi connectivity index (χ0n) is 15.8. The number of nitrogens with zero attached hydrogens (tertiary/aromatic N) is 2. The molecule has 4 rings (SSSR count). The quantitative estimate of drug-likeness (QED) is 0.652. The standard InChI is InChI=1S/C23H24N2O/c1-15-9-11-17(12-10-15)22-23(3,4)21(26-25-22)14-18-13-16(2)19-7-5-6-8-20(19)24-18/h5-13,21H,14H2,1-4H3. The maximum Gasteiger partial charge on any atom is 0.143 e. The van der Waals surface area contributed by atoms with Crippen molar-refractivity contribution in [2.75, 3.05) is 0 Å². The van der Waals surface area contributed by atoms with Crippen LogP contribution in [0.25, 0.3) is 10.9 Å². The maximum atomic E-state index is 5.87. The minimum Gasteiger partial charge on any atom is -0.391 e. The summed E-state index contributed by atoms with van der Waals surface area (Å²) >= 11 is 0. The van der Waals surface area contributed by atoms with Gasteiger partial charge in [-0.05, 0) is 31.5 Å². The molecule has 0 saturated carbocycles. The molecule has 1 aliphatic rings. The van der Waals surface area contributed by atoms with Crippen LogP contribution in [0.15, 0.2) is 59.8 Å². The van der Waals surface area contributed by atoms with Gasteiger partial charge in [-0.2, -0.15) is 0 Å². The second-order valence-corrected chi connectivity index (χ2v) is 7.77. The van der Waals surface area contributed by atoms with E-state index in [2.05, 4.69) is 81.4 Å². The Hall–Kier alpha value is -2.68. The predicted octanol–water partition coefficient (Wildman–Crippen LogP) is 5.22. The number of aryl methyl sites for hydroxylation is 2. The Labute approximate surface area is 154 Å². The van der Waals surface area contributed by atoms with Gasteiger partial charge in [0, 0.05) is 23.1 Å². The number of oxime groups is 1. The van der Waals surface area contributed by atoms with Crippen LogP contribution >= 0.6 is 0 Å². The number of rotatable bonds is 3. The number of hydrogen-bond acceptors (Lipinski definition) is 3. The van der Waals surface area contributed by atoms with E-state index in [0.717, 1.165) is 28.9 Å². The zero-order chi connectivity index (χ0) is 18.3. The van der Waals surface area contributed by atoms with Crippen LogP contribution in [0.5, 0.6) is 0 Å². The van der Waals surface area contributed by atoms with E-state index in [-0.39, 0.29) is 11.5 Å². The van der Waals surface area contributed by atoms with Crippen LogP contribution in [-0.2, 0) is 11.3 Å². The van der Waals surface area contributed by atoms with Gasteiger partial charge < -0.3 is 4.84 Å². The second-order valence-electron chi connectivity index (χ2n) is 7.77. The maximum absolute atomic E-state index is 5.87. The first-order chi connectivity index (χ1) is 12.4. The lowest BCUT2D eigenvalue weighted by atomic mass is 9.77. The van der Waals surface area contributed by atoms with E-state index in [1.54, 1.807) is 0 Å². The molecule has 1 atom stereocenters. The fourth-order valence-electron chi connectivity index (χ4n) is 3.66. The minimum absolute atomic E-state index is 0.0214. The summed E-state index contributed by atoms with van der Waals surface area (Å²) in [6.07, 6.45) is 0.726. The first-order valence-corrected chi connectivity index (χ1v) is 9.12. The molecule has 0 amide bonds. The summed E-state index contributed by atoms with van der Waals surface area (Å²) < 4.78 is 0. The van der Waals surface area contributed by atoms with Crippen LogP contribution in [0.3, 0.4) is 0 Å². The highest BCUT2D eigenvalue weighted by Crippen LogP contribution is 2.36. The molecule has 1 aliphatic heterocycles. The SMILES string of the molecule is Cc1ccc(C2=NOC(Cc3cc(C)c4ccccc4n3)C2(C)C)cc1. The number of hydrogen-bond donors (Lipinski definition) is 0. The van der Waals surface area contributed by atoms with Crippen molar-refractivity contribution in [3.63, 3.8) is 0 Å². The Morgan fingerprint density at radius 2 is 1.73 bits per heavy atom. The third-order valence-electron chi connectivity index (χ3n) is 5.38. The van der Waals surface area contributed by atoms with Gasteiger partial charge in [0.05, 0.1) is 16.6 Å². The highest BCUT2D eigenvalue weighted by molar-refractivity contribution is 6.05. The van der Waals surface area contributed by atoms with Gasteiger partial charge in [0.2, 0.25) is 0 Å². The van der Waals surface area contributed by atoms with Crippen molar-refractivity contribution in [3.8, 4) is 0 Å². The smallest absolute Gasteiger partial charge is 0.143 e. The van der Waals surface area contributed by atoms with Crippen molar-refractivity contribution in [1.82, 2.24) is 4.98 Å². The van der Waals surface area contributed by atoms with E-state index in [0.29, 0.717) is 0 Å². The van der Waals surface area contributed by atoms with Crippen molar-refractivity contribution in [2.24, 2.45) is 10.6 Å². The first-order valence-electron chi connectivity index (χ1n) is 9.12. The molecular weight excluding hydrogens is 320 g/mol. The summed E-state index contributed by atoms with van der Waals surface area (Å²) in [4.78, 5) is 10.7.